The number of hydrogen-bond donors (Lipinski definition) is 0. The maximum absolute atomic E-state index is 11.7. The van der Waals surface area contributed by atoms with E-state index in [-0.39, 0.29) is 11.7 Å². The van der Waals surface area contributed by atoms with E-state index in [0.717, 1.165) is 5.69 Å². The quantitative estimate of drug-likeness (QED) is 0.700. The van der Waals surface area contributed by atoms with Gasteiger partial charge in [-0.2, -0.15) is 0 Å². The van der Waals surface area contributed by atoms with Gasteiger partial charge in [0, 0.05) is 18.3 Å². The number of aromatic nitrogens is 3. The average Bonchev–Trinajstić information content (AvgIpc) is 2.58. The van der Waals surface area contributed by atoms with Crippen molar-refractivity contribution in [2.75, 3.05) is 0 Å². The van der Waals surface area contributed by atoms with E-state index in [4.69, 9.17) is 0 Å². The predicted molar refractivity (Wildman–Crippen MR) is 56.9 cm³/mol. The number of ketones is 1. The number of carbonyl (C=O) groups excluding carboxylic acids is 1. The SMILES string of the molecule is Cc1cn2cc(C(=O)C(C)C)nc2cn1. The number of imidazole rings is 1. The van der Waals surface area contributed by atoms with Crippen LogP contribution in [0.25, 0.3) is 5.65 Å². The number of Topliss-reactive ketones (excluding diaryl/α,β-unsaturated/α-hetero) is 1. The highest BCUT2D eigenvalue weighted by Gasteiger charge is 2.14. The van der Waals surface area contributed by atoms with Gasteiger partial charge in [0.15, 0.2) is 11.4 Å². The highest BCUT2D eigenvalue weighted by atomic mass is 16.1. The van der Waals surface area contributed by atoms with Gasteiger partial charge in [-0.25, -0.2) is 4.98 Å². The van der Waals surface area contributed by atoms with Crippen LogP contribution in [0.2, 0.25) is 0 Å². The first kappa shape index (κ1) is 9.83. The van der Waals surface area contributed by atoms with Crippen molar-refractivity contribution in [3.05, 3.63) is 30.0 Å². The van der Waals surface area contributed by atoms with Gasteiger partial charge < -0.3 is 4.40 Å². The average molecular weight is 203 g/mol. The molecule has 0 saturated heterocycles. The van der Waals surface area contributed by atoms with Crippen LogP contribution in [0.15, 0.2) is 18.6 Å². The smallest absolute Gasteiger partial charge is 0.185 e. The molecule has 78 valence electrons. The zero-order valence-corrected chi connectivity index (χ0v) is 9.06. The number of fused-ring (bicyclic) bond motifs is 1. The summed E-state index contributed by atoms with van der Waals surface area (Å²) in [6, 6.07) is 0. The summed E-state index contributed by atoms with van der Waals surface area (Å²) in [4.78, 5) is 20.1. The summed E-state index contributed by atoms with van der Waals surface area (Å²) in [6.45, 7) is 5.65. The number of aryl methyl sites for hydroxylation is 1. The summed E-state index contributed by atoms with van der Waals surface area (Å²) in [5.41, 5.74) is 2.13. The van der Waals surface area contributed by atoms with E-state index in [1.165, 1.54) is 0 Å². The van der Waals surface area contributed by atoms with Gasteiger partial charge in [-0.15, -0.1) is 0 Å². The summed E-state index contributed by atoms with van der Waals surface area (Å²) in [5, 5.41) is 0. The molecule has 0 aliphatic rings. The fraction of sp³-hybridized carbons (Fsp3) is 0.364. The standard InChI is InChI=1S/C11H13N3O/c1-7(2)11(15)9-6-14-5-8(3)12-4-10(14)13-9/h4-7H,1-3H3. The Morgan fingerprint density at radius 1 is 1.40 bits per heavy atom. The summed E-state index contributed by atoms with van der Waals surface area (Å²) >= 11 is 0. The molecular formula is C11H13N3O. The second kappa shape index (κ2) is 3.46. The summed E-state index contributed by atoms with van der Waals surface area (Å²) < 4.78 is 1.83. The number of hydrogen-bond acceptors (Lipinski definition) is 3. The van der Waals surface area contributed by atoms with Crippen LogP contribution in [-0.4, -0.2) is 20.2 Å². The second-order valence-electron chi connectivity index (χ2n) is 3.94. The Kier molecular flexibility index (Phi) is 2.26. The topological polar surface area (TPSA) is 47.3 Å². The van der Waals surface area contributed by atoms with Crippen molar-refractivity contribution in [1.82, 2.24) is 14.4 Å². The van der Waals surface area contributed by atoms with Crippen molar-refractivity contribution in [3.63, 3.8) is 0 Å². The van der Waals surface area contributed by atoms with Crippen molar-refractivity contribution in [2.24, 2.45) is 5.92 Å². The summed E-state index contributed by atoms with van der Waals surface area (Å²) in [5.74, 6) is 0.0420. The summed E-state index contributed by atoms with van der Waals surface area (Å²) in [7, 11) is 0. The van der Waals surface area contributed by atoms with Crippen LogP contribution >= 0.6 is 0 Å². The van der Waals surface area contributed by atoms with Gasteiger partial charge in [0.05, 0.1) is 11.9 Å². The Morgan fingerprint density at radius 3 is 2.80 bits per heavy atom. The minimum Gasteiger partial charge on any atom is -0.303 e. The van der Waals surface area contributed by atoms with Gasteiger partial charge in [0.2, 0.25) is 0 Å². The van der Waals surface area contributed by atoms with E-state index in [2.05, 4.69) is 9.97 Å². The molecule has 0 aliphatic carbocycles. The van der Waals surface area contributed by atoms with Crippen molar-refractivity contribution in [1.29, 1.82) is 0 Å². The molecule has 0 saturated carbocycles. The zero-order valence-electron chi connectivity index (χ0n) is 9.06. The third kappa shape index (κ3) is 1.75. The molecule has 15 heavy (non-hydrogen) atoms. The lowest BCUT2D eigenvalue weighted by Crippen LogP contribution is -2.07. The second-order valence-corrected chi connectivity index (χ2v) is 3.94. The molecule has 0 bridgehead atoms. The molecule has 0 aliphatic heterocycles. The Morgan fingerprint density at radius 2 is 2.13 bits per heavy atom. The molecule has 0 amide bonds. The number of carbonyl (C=O) groups is 1. The van der Waals surface area contributed by atoms with E-state index in [1.807, 2.05) is 31.4 Å². The Hall–Kier alpha value is -1.71. The van der Waals surface area contributed by atoms with E-state index in [1.54, 1.807) is 12.4 Å². The third-order valence-electron chi connectivity index (χ3n) is 2.25. The van der Waals surface area contributed by atoms with Gasteiger partial charge in [-0.3, -0.25) is 9.78 Å². The molecule has 4 heteroatoms. The van der Waals surface area contributed by atoms with Crippen molar-refractivity contribution < 1.29 is 4.79 Å². The molecule has 0 atom stereocenters. The third-order valence-corrected chi connectivity index (χ3v) is 2.25. The molecule has 2 heterocycles. The number of rotatable bonds is 2. The van der Waals surface area contributed by atoms with Crippen molar-refractivity contribution in [3.8, 4) is 0 Å². The van der Waals surface area contributed by atoms with Gasteiger partial charge in [0.25, 0.3) is 0 Å². The van der Waals surface area contributed by atoms with Crippen molar-refractivity contribution in [2.45, 2.75) is 20.8 Å². The molecule has 0 aromatic carbocycles. The maximum Gasteiger partial charge on any atom is 0.185 e. The molecule has 0 radical (unpaired) electrons. The molecule has 2 aromatic rings. The molecule has 4 nitrogen and oxygen atoms in total. The Balaban J connectivity index is 2.52. The largest absolute Gasteiger partial charge is 0.303 e. The highest BCUT2D eigenvalue weighted by Crippen LogP contribution is 2.09. The van der Waals surface area contributed by atoms with Crippen LogP contribution in [0.4, 0.5) is 0 Å². The Labute approximate surface area is 88.0 Å². The minimum atomic E-state index is -0.0241. The van der Waals surface area contributed by atoms with E-state index < -0.39 is 0 Å². The molecule has 0 spiro atoms. The van der Waals surface area contributed by atoms with Gasteiger partial charge in [0.1, 0.15) is 5.69 Å². The number of nitrogens with zero attached hydrogens (tertiary/aromatic N) is 3. The molecule has 0 unspecified atom stereocenters. The van der Waals surface area contributed by atoms with Gasteiger partial charge in [-0.05, 0) is 6.92 Å². The highest BCUT2D eigenvalue weighted by molar-refractivity contribution is 5.96. The first-order chi connectivity index (χ1) is 7.08. The predicted octanol–water partition coefficient (Wildman–Crippen LogP) is 1.88. The lowest BCUT2D eigenvalue weighted by molar-refractivity contribution is 0.0935. The van der Waals surface area contributed by atoms with Crippen LogP contribution in [0, 0.1) is 12.8 Å². The molecule has 2 rings (SSSR count). The fourth-order valence-corrected chi connectivity index (χ4v) is 1.42. The fourth-order valence-electron chi connectivity index (χ4n) is 1.42. The van der Waals surface area contributed by atoms with E-state index >= 15 is 0 Å². The molecule has 2 aromatic heterocycles. The first-order valence-corrected chi connectivity index (χ1v) is 4.93. The maximum atomic E-state index is 11.7. The lowest BCUT2D eigenvalue weighted by Gasteiger charge is -1.97. The molecule has 0 N–H and O–H groups in total. The summed E-state index contributed by atoms with van der Waals surface area (Å²) in [6.07, 6.45) is 5.29. The van der Waals surface area contributed by atoms with Crippen LogP contribution in [-0.2, 0) is 0 Å². The van der Waals surface area contributed by atoms with E-state index in [9.17, 15) is 4.79 Å². The zero-order chi connectivity index (χ0) is 11.0. The van der Waals surface area contributed by atoms with Crippen LogP contribution in [0.5, 0.6) is 0 Å². The normalized spacial score (nSPS) is 11.2. The molecule has 0 fully saturated rings. The van der Waals surface area contributed by atoms with Crippen LogP contribution < -0.4 is 0 Å². The monoisotopic (exact) mass is 203 g/mol. The minimum absolute atomic E-state index is 0.0241. The van der Waals surface area contributed by atoms with E-state index in [0.29, 0.717) is 11.3 Å². The van der Waals surface area contributed by atoms with Crippen LogP contribution in [0.1, 0.15) is 30.0 Å². The van der Waals surface area contributed by atoms with Gasteiger partial charge >= 0.3 is 0 Å². The van der Waals surface area contributed by atoms with Gasteiger partial charge in [-0.1, -0.05) is 13.8 Å². The Bertz CT molecular complexity index is 514. The lowest BCUT2D eigenvalue weighted by atomic mass is 10.1. The van der Waals surface area contributed by atoms with Crippen molar-refractivity contribution >= 4 is 11.4 Å². The van der Waals surface area contributed by atoms with Crippen LogP contribution in [0.3, 0.4) is 0 Å². The molecular weight excluding hydrogens is 190 g/mol. The first-order valence-electron chi connectivity index (χ1n) is 4.93.